The van der Waals surface area contributed by atoms with Crippen molar-refractivity contribution in [2.45, 2.75) is 36.7 Å². The van der Waals surface area contributed by atoms with Gasteiger partial charge in [-0.1, -0.05) is 12.8 Å². The fraction of sp³-hybridized carbons (Fsp3) is 0.583. The summed E-state index contributed by atoms with van der Waals surface area (Å²) in [5.74, 6) is -1.21. The largest absolute Gasteiger partial charge is 0.477 e. The predicted octanol–water partition coefficient (Wildman–Crippen LogP) is 1.28. The van der Waals surface area contributed by atoms with Gasteiger partial charge in [-0.2, -0.15) is 0 Å². The van der Waals surface area contributed by atoms with E-state index in [1.165, 1.54) is 5.38 Å². The lowest BCUT2D eigenvalue weighted by molar-refractivity contribution is 0.0701. The monoisotopic (exact) mass is 319 g/mol. The molecule has 2 rings (SSSR count). The van der Waals surface area contributed by atoms with Gasteiger partial charge in [-0.15, -0.1) is 11.3 Å². The summed E-state index contributed by atoms with van der Waals surface area (Å²) in [4.78, 5) is 10.7. The van der Waals surface area contributed by atoms with Crippen LogP contribution in [-0.4, -0.2) is 37.2 Å². The Morgan fingerprint density at radius 3 is 2.70 bits per heavy atom. The van der Waals surface area contributed by atoms with E-state index < -0.39 is 22.1 Å². The van der Waals surface area contributed by atoms with Crippen LogP contribution in [0.25, 0.3) is 0 Å². The van der Waals surface area contributed by atoms with Crippen LogP contribution in [0.1, 0.15) is 35.4 Å². The maximum atomic E-state index is 12.0. The Hall–Kier alpha value is -0.960. The number of carboxylic acids is 1. The van der Waals surface area contributed by atoms with Gasteiger partial charge in [-0.05, 0) is 24.8 Å². The van der Waals surface area contributed by atoms with Crippen LogP contribution in [-0.2, 0) is 10.0 Å². The highest BCUT2D eigenvalue weighted by molar-refractivity contribution is 7.89. The maximum Gasteiger partial charge on any atom is 0.345 e. The first-order valence-corrected chi connectivity index (χ1v) is 8.76. The molecule has 1 saturated carbocycles. The molecule has 0 saturated heterocycles. The number of hydrogen-bond acceptors (Lipinski definition) is 5. The van der Waals surface area contributed by atoms with Crippen LogP contribution in [0.4, 0.5) is 0 Å². The molecule has 2 atom stereocenters. The highest BCUT2D eigenvalue weighted by Crippen LogP contribution is 2.25. The molecule has 2 unspecified atom stereocenters. The van der Waals surface area contributed by atoms with Crippen molar-refractivity contribution in [1.29, 1.82) is 0 Å². The van der Waals surface area contributed by atoms with E-state index in [9.17, 15) is 18.3 Å². The molecule has 0 amide bonds. The van der Waals surface area contributed by atoms with Crippen molar-refractivity contribution in [3.8, 4) is 0 Å². The second kappa shape index (κ2) is 6.21. The molecule has 0 bridgehead atoms. The smallest absolute Gasteiger partial charge is 0.345 e. The third-order valence-electron chi connectivity index (χ3n) is 3.50. The average Bonchev–Trinajstić information content (AvgIpc) is 2.88. The number of hydrogen-bond donors (Lipinski definition) is 3. The number of aliphatic hydroxyl groups is 1. The summed E-state index contributed by atoms with van der Waals surface area (Å²) >= 11 is 0.878. The molecule has 0 radical (unpaired) electrons. The topological polar surface area (TPSA) is 104 Å². The highest BCUT2D eigenvalue weighted by Gasteiger charge is 2.25. The van der Waals surface area contributed by atoms with Crippen molar-refractivity contribution >= 4 is 27.3 Å². The van der Waals surface area contributed by atoms with Crippen LogP contribution < -0.4 is 4.72 Å². The quantitative estimate of drug-likeness (QED) is 0.758. The van der Waals surface area contributed by atoms with Gasteiger partial charge in [-0.25, -0.2) is 17.9 Å². The van der Waals surface area contributed by atoms with E-state index in [1.807, 2.05) is 0 Å². The van der Waals surface area contributed by atoms with Gasteiger partial charge in [-0.3, -0.25) is 0 Å². The average molecular weight is 319 g/mol. The normalized spacial score (nSPS) is 23.6. The zero-order valence-electron chi connectivity index (χ0n) is 10.8. The molecule has 112 valence electrons. The third-order valence-corrected chi connectivity index (χ3v) is 5.97. The van der Waals surface area contributed by atoms with Crippen molar-refractivity contribution in [3.05, 3.63) is 16.3 Å². The van der Waals surface area contributed by atoms with Gasteiger partial charge >= 0.3 is 5.97 Å². The minimum Gasteiger partial charge on any atom is -0.477 e. The molecule has 1 aromatic rings. The van der Waals surface area contributed by atoms with Crippen LogP contribution in [0.3, 0.4) is 0 Å². The predicted molar refractivity (Wildman–Crippen MR) is 74.4 cm³/mol. The number of aromatic carboxylic acids is 1. The van der Waals surface area contributed by atoms with Gasteiger partial charge in [0.15, 0.2) is 0 Å². The fourth-order valence-corrected chi connectivity index (χ4v) is 4.50. The summed E-state index contributed by atoms with van der Waals surface area (Å²) in [6.45, 7) is 0.182. The lowest BCUT2D eigenvalue weighted by Crippen LogP contribution is -2.36. The van der Waals surface area contributed by atoms with Crippen LogP contribution in [0, 0.1) is 5.92 Å². The van der Waals surface area contributed by atoms with E-state index in [4.69, 9.17) is 5.11 Å². The molecule has 1 aliphatic carbocycles. The second-order valence-electron chi connectivity index (χ2n) is 4.92. The Morgan fingerprint density at radius 1 is 1.40 bits per heavy atom. The molecule has 1 heterocycles. The molecule has 8 heteroatoms. The fourth-order valence-electron chi connectivity index (χ4n) is 2.30. The first-order chi connectivity index (χ1) is 9.40. The van der Waals surface area contributed by atoms with E-state index in [0.29, 0.717) is 6.42 Å². The van der Waals surface area contributed by atoms with Crippen molar-refractivity contribution in [2.75, 3.05) is 6.54 Å². The maximum absolute atomic E-state index is 12.0. The summed E-state index contributed by atoms with van der Waals surface area (Å²) in [5, 5.41) is 19.9. The van der Waals surface area contributed by atoms with Crippen molar-refractivity contribution < 1.29 is 23.4 Å². The Balaban J connectivity index is 2.01. The van der Waals surface area contributed by atoms with E-state index in [0.717, 1.165) is 36.7 Å². The number of sulfonamides is 1. The lowest BCUT2D eigenvalue weighted by atomic mass is 9.87. The van der Waals surface area contributed by atoms with Gasteiger partial charge in [0.2, 0.25) is 10.0 Å². The Kier molecular flexibility index (Phi) is 4.79. The van der Waals surface area contributed by atoms with Gasteiger partial charge in [0.05, 0.1) is 11.0 Å². The molecule has 3 N–H and O–H groups in total. The van der Waals surface area contributed by atoms with Crippen LogP contribution in [0.15, 0.2) is 16.3 Å². The minimum atomic E-state index is -3.71. The van der Waals surface area contributed by atoms with Crippen molar-refractivity contribution in [1.82, 2.24) is 4.72 Å². The number of aliphatic hydroxyl groups excluding tert-OH is 1. The standard InChI is InChI=1S/C12H17NO5S2/c14-10-4-2-1-3-8(10)6-13-20(17,18)9-5-11(12(15)16)19-7-9/h5,7-8,10,13-14H,1-4,6H2,(H,15,16). The van der Waals surface area contributed by atoms with Gasteiger partial charge in [0, 0.05) is 11.9 Å². The molecule has 0 aromatic carbocycles. The van der Waals surface area contributed by atoms with E-state index >= 15 is 0 Å². The molecule has 0 spiro atoms. The Labute approximate surface area is 121 Å². The highest BCUT2D eigenvalue weighted by atomic mass is 32.2. The minimum absolute atomic E-state index is 0.0110. The molecule has 20 heavy (non-hydrogen) atoms. The summed E-state index contributed by atoms with van der Waals surface area (Å²) in [6.07, 6.45) is 2.99. The molecule has 6 nitrogen and oxygen atoms in total. The number of carboxylic acid groups (broad SMARTS) is 1. The van der Waals surface area contributed by atoms with Gasteiger partial charge in [0.25, 0.3) is 0 Å². The number of rotatable bonds is 5. The summed E-state index contributed by atoms with van der Waals surface area (Å²) in [5.41, 5.74) is 0. The second-order valence-corrected chi connectivity index (χ2v) is 7.59. The summed E-state index contributed by atoms with van der Waals surface area (Å²) in [7, 11) is -3.71. The van der Waals surface area contributed by atoms with Crippen molar-refractivity contribution in [2.24, 2.45) is 5.92 Å². The zero-order valence-corrected chi connectivity index (χ0v) is 12.4. The molecule has 1 aromatic heterocycles. The summed E-state index contributed by atoms with van der Waals surface area (Å²) in [6, 6.07) is 1.15. The SMILES string of the molecule is O=C(O)c1cc(S(=O)(=O)NCC2CCCCC2O)cs1. The number of nitrogens with one attached hydrogen (secondary N) is 1. The Morgan fingerprint density at radius 2 is 2.10 bits per heavy atom. The molecule has 1 fully saturated rings. The third kappa shape index (κ3) is 3.57. The van der Waals surface area contributed by atoms with Gasteiger partial charge < -0.3 is 10.2 Å². The lowest BCUT2D eigenvalue weighted by Gasteiger charge is -2.27. The number of thiophene rings is 1. The molecular weight excluding hydrogens is 302 g/mol. The van der Waals surface area contributed by atoms with Crippen LogP contribution >= 0.6 is 11.3 Å². The van der Waals surface area contributed by atoms with Crippen LogP contribution in [0.2, 0.25) is 0 Å². The zero-order chi connectivity index (χ0) is 14.8. The molecular formula is C12H17NO5S2. The van der Waals surface area contributed by atoms with E-state index in [-0.39, 0.29) is 22.2 Å². The first kappa shape index (κ1) is 15.4. The number of carbonyl (C=O) groups is 1. The molecule has 0 aliphatic heterocycles. The van der Waals surface area contributed by atoms with E-state index in [1.54, 1.807) is 0 Å². The van der Waals surface area contributed by atoms with E-state index in [2.05, 4.69) is 4.72 Å². The first-order valence-electron chi connectivity index (χ1n) is 6.39. The van der Waals surface area contributed by atoms with Crippen LogP contribution in [0.5, 0.6) is 0 Å². The summed E-state index contributed by atoms with van der Waals surface area (Å²) < 4.78 is 26.5. The molecule has 1 aliphatic rings. The van der Waals surface area contributed by atoms with Gasteiger partial charge in [0.1, 0.15) is 4.88 Å². The van der Waals surface area contributed by atoms with Crippen molar-refractivity contribution in [3.63, 3.8) is 0 Å². The Bertz CT molecular complexity index is 580.